The zero-order valence-electron chi connectivity index (χ0n) is 26.3. The van der Waals surface area contributed by atoms with Gasteiger partial charge in [0.25, 0.3) is 0 Å². The highest BCUT2D eigenvalue weighted by molar-refractivity contribution is 6.12. The molecule has 0 saturated carbocycles. The van der Waals surface area contributed by atoms with Crippen LogP contribution in [0.5, 0.6) is 0 Å². The van der Waals surface area contributed by atoms with Gasteiger partial charge in [-0.05, 0) is 90.5 Å². The normalized spacial score (nSPS) is 20.5. The van der Waals surface area contributed by atoms with Gasteiger partial charge in [0.05, 0.1) is 0 Å². The Labute approximate surface area is 275 Å². The second kappa shape index (κ2) is 11.8. The minimum Gasteiger partial charge on any atom is -0.456 e. The second-order valence-corrected chi connectivity index (χ2v) is 12.9. The lowest BCUT2D eigenvalue weighted by molar-refractivity contribution is 0.557. The first-order chi connectivity index (χ1) is 23.3. The highest BCUT2D eigenvalue weighted by atomic mass is 16.3. The Balaban J connectivity index is 1.16. The second-order valence-electron chi connectivity index (χ2n) is 12.9. The van der Waals surface area contributed by atoms with E-state index in [2.05, 4.69) is 97.2 Å². The van der Waals surface area contributed by atoms with E-state index in [1.54, 1.807) is 0 Å². The third-order valence-corrected chi connectivity index (χ3v) is 9.98. The highest BCUT2D eigenvalue weighted by Gasteiger charge is 2.24. The molecule has 47 heavy (non-hydrogen) atoms. The van der Waals surface area contributed by atoms with Crippen molar-refractivity contribution in [3.63, 3.8) is 0 Å². The monoisotopic (exact) mass is 609 g/mol. The molecule has 2 atom stereocenters. The number of nitrogens with zero attached hydrogens (tertiary/aromatic N) is 3. The van der Waals surface area contributed by atoms with Crippen LogP contribution in [-0.4, -0.2) is 15.0 Å². The van der Waals surface area contributed by atoms with E-state index >= 15 is 0 Å². The molecule has 0 aliphatic heterocycles. The number of aromatic nitrogens is 3. The van der Waals surface area contributed by atoms with Crippen LogP contribution < -0.4 is 0 Å². The summed E-state index contributed by atoms with van der Waals surface area (Å²) in [6, 6.07) is 22.9. The first-order valence-electron chi connectivity index (χ1n) is 16.9. The average molecular weight is 610 g/mol. The predicted octanol–water partition coefficient (Wildman–Crippen LogP) is 11.0. The Kier molecular flexibility index (Phi) is 7.00. The minimum atomic E-state index is 0.389. The molecule has 5 aromatic rings. The molecule has 2 heterocycles. The van der Waals surface area contributed by atoms with Crippen LogP contribution in [0.3, 0.4) is 0 Å². The van der Waals surface area contributed by atoms with Gasteiger partial charge in [-0.2, -0.15) is 0 Å². The van der Waals surface area contributed by atoms with Gasteiger partial charge in [-0.3, -0.25) is 0 Å². The molecule has 0 amide bonds. The van der Waals surface area contributed by atoms with E-state index in [0.717, 1.165) is 75.7 Å². The number of fused-ring (bicyclic) bond motifs is 4. The molecule has 4 aliphatic rings. The van der Waals surface area contributed by atoms with Crippen molar-refractivity contribution in [1.82, 2.24) is 15.0 Å². The summed E-state index contributed by atoms with van der Waals surface area (Å²) in [5.74, 6) is 3.14. The summed E-state index contributed by atoms with van der Waals surface area (Å²) in [7, 11) is 0. The fourth-order valence-corrected chi connectivity index (χ4v) is 7.46. The molecule has 4 heteroatoms. The van der Waals surface area contributed by atoms with Crippen molar-refractivity contribution < 1.29 is 4.42 Å². The van der Waals surface area contributed by atoms with Crippen molar-refractivity contribution in [2.24, 2.45) is 11.8 Å². The fraction of sp³-hybridized carbons (Fsp3) is 0.186. The minimum absolute atomic E-state index is 0.389. The molecular formula is C43H35N3O. The van der Waals surface area contributed by atoms with Crippen molar-refractivity contribution in [1.29, 1.82) is 0 Å². The lowest BCUT2D eigenvalue weighted by Crippen LogP contribution is -2.12. The van der Waals surface area contributed by atoms with Crippen LogP contribution in [0.4, 0.5) is 0 Å². The summed E-state index contributed by atoms with van der Waals surface area (Å²) >= 11 is 0. The van der Waals surface area contributed by atoms with Crippen LogP contribution in [0, 0.1) is 11.8 Å². The maximum Gasteiger partial charge on any atom is 0.164 e. The maximum absolute atomic E-state index is 6.51. The summed E-state index contributed by atoms with van der Waals surface area (Å²) in [6.07, 6.45) is 29.6. The van der Waals surface area contributed by atoms with Gasteiger partial charge in [0.1, 0.15) is 11.2 Å². The fourth-order valence-electron chi connectivity index (χ4n) is 7.46. The Bertz CT molecular complexity index is 2260. The van der Waals surface area contributed by atoms with Gasteiger partial charge in [0.2, 0.25) is 0 Å². The Morgan fingerprint density at radius 2 is 1.55 bits per heavy atom. The smallest absolute Gasteiger partial charge is 0.164 e. The molecule has 0 bridgehead atoms. The summed E-state index contributed by atoms with van der Waals surface area (Å²) in [4.78, 5) is 15.1. The number of hydrogen-bond acceptors (Lipinski definition) is 4. The predicted molar refractivity (Wildman–Crippen MR) is 192 cm³/mol. The van der Waals surface area contributed by atoms with Crippen LogP contribution in [0.15, 0.2) is 143 Å². The molecule has 2 unspecified atom stereocenters. The molecule has 0 saturated heterocycles. The van der Waals surface area contributed by atoms with Crippen molar-refractivity contribution in [3.05, 3.63) is 150 Å². The van der Waals surface area contributed by atoms with E-state index in [0.29, 0.717) is 23.5 Å². The molecule has 0 N–H and O–H groups in total. The number of allylic oxidation sites excluding steroid dienone is 14. The van der Waals surface area contributed by atoms with Crippen molar-refractivity contribution in [2.45, 2.75) is 38.5 Å². The number of benzene rings is 3. The molecular weight excluding hydrogens is 574 g/mol. The van der Waals surface area contributed by atoms with Gasteiger partial charge < -0.3 is 4.42 Å². The van der Waals surface area contributed by atoms with Gasteiger partial charge in [-0.25, -0.2) is 15.0 Å². The first kappa shape index (κ1) is 27.9. The lowest BCUT2D eigenvalue weighted by Gasteiger charge is -2.27. The SMILES string of the molecule is C1=CCCC(c2nc(-c3ccccc3)nc(-c3cc(C4=CCC(C5=CCC6CCC=CC6=C5)C=C4)c4c(c3)oc3ccccc34)n2)=C1. The summed E-state index contributed by atoms with van der Waals surface area (Å²) in [5, 5.41) is 2.25. The molecule has 0 radical (unpaired) electrons. The first-order valence-corrected chi connectivity index (χ1v) is 16.9. The number of rotatable bonds is 5. The van der Waals surface area contributed by atoms with Gasteiger partial charge in [-0.15, -0.1) is 0 Å². The molecule has 4 nitrogen and oxygen atoms in total. The number of para-hydroxylation sites is 1. The zero-order valence-corrected chi connectivity index (χ0v) is 26.3. The van der Waals surface area contributed by atoms with Gasteiger partial charge in [0, 0.05) is 27.8 Å². The number of hydrogen-bond donors (Lipinski definition) is 0. The van der Waals surface area contributed by atoms with Gasteiger partial charge in [0.15, 0.2) is 17.5 Å². The standard InChI is InChI=1S/C43H35N3O/c1-3-12-31(13-4-1)41-44-42(32-14-5-2-6-15-32)46-43(45-41)35-26-37(40-36-17-9-10-18-38(36)47-39(40)27-35)30-22-19-29(20-23-30)34-24-21-28-11-7-8-16-33(28)25-34/h1-5,8-10,12-14,16-19,22-29H,6-7,11,15,20-21H2. The van der Waals surface area contributed by atoms with Crippen LogP contribution in [0.2, 0.25) is 0 Å². The van der Waals surface area contributed by atoms with Crippen LogP contribution in [-0.2, 0) is 0 Å². The van der Waals surface area contributed by atoms with Crippen molar-refractivity contribution in [3.8, 4) is 22.8 Å². The average Bonchev–Trinajstić information content (AvgIpc) is 3.53. The Hall–Kier alpha value is -5.35. The number of furan rings is 1. The largest absolute Gasteiger partial charge is 0.456 e. The Morgan fingerprint density at radius 3 is 2.40 bits per heavy atom. The van der Waals surface area contributed by atoms with Crippen LogP contribution in [0.25, 0.3) is 55.9 Å². The molecule has 0 spiro atoms. The van der Waals surface area contributed by atoms with E-state index in [4.69, 9.17) is 19.4 Å². The van der Waals surface area contributed by atoms with E-state index in [1.807, 2.05) is 30.3 Å². The zero-order chi connectivity index (χ0) is 31.2. The molecule has 4 aliphatic carbocycles. The molecule has 0 fully saturated rings. The third kappa shape index (κ3) is 5.24. The summed E-state index contributed by atoms with van der Waals surface area (Å²) < 4.78 is 6.51. The summed E-state index contributed by atoms with van der Waals surface area (Å²) in [5.41, 5.74) is 10.0. The van der Waals surface area contributed by atoms with E-state index in [9.17, 15) is 0 Å². The highest BCUT2D eigenvalue weighted by Crippen LogP contribution is 2.41. The lowest BCUT2D eigenvalue weighted by atomic mass is 9.77. The quantitative estimate of drug-likeness (QED) is 0.199. The van der Waals surface area contributed by atoms with Gasteiger partial charge in [-0.1, -0.05) is 109 Å². The van der Waals surface area contributed by atoms with E-state index in [1.165, 1.54) is 29.6 Å². The van der Waals surface area contributed by atoms with Crippen LogP contribution >= 0.6 is 0 Å². The van der Waals surface area contributed by atoms with E-state index < -0.39 is 0 Å². The topological polar surface area (TPSA) is 51.8 Å². The molecule has 228 valence electrons. The molecule has 3 aromatic carbocycles. The van der Waals surface area contributed by atoms with Gasteiger partial charge >= 0.3 is 0 Å². The summed E-state index contributed by atoms with van der Waals surface area (Å²) in [6.45, 7) is 0. The van der Waals surface area contributed by atoms with Crippen LogP contribution in [0.1, 0.15) is 49.9 Å². The molecule has 9 rings (SSSR count). The maximum atomic E-state index is 6.51. The van der Waals surface area contributed by atoms with E-state index in [-0.39, 0.29) is 0 Å². The van der Waals surface area contributed by atoms with Crippen molar-refractivity contribution in [2.75, 3.05) is 0 Å². The Morgan fingerprint density at radius 1 is 0.702 bits per heavy atom. The third-order valence-electron chi connectivity index (χ3n) is 9.98. The molecule has 2 aromatic heterocycles. The van der Waals surface area contributed by atoms with Crippen molar-refractivity contribution >= 4 is 33.1 Å².